The number of hydrogen-bond donors (Lipinski definition) is 2. The van der Waals surface area contributed by atoms with E-state index in [1.807, 2.05) is 54.6 Å². The van der Waals surface area contributed by atoms with Crippen molar-refractivity contribution in [1.82, 2.24) is 19.8 Å². The zero-order valence-corrected chi connectivity index (χ0v) is 24.4. The third-order valence-corrected chi connectivity index (χ3v) is 7.91. The van der Waals surface area contributed by atoms with Gasteiger partial charge in [-0.05, 0) is 86.2 Å². The van der Waals surface area contributed by atoms with Crippen molar-refractivity contribution in [2.45, 2.75) is 32.4 Å². The number of rotatable bonds is 8. The van der Waals surface area contributed by atoms with E-state index < -0.39 is 0 Å². The van der Waals surface area contributed by atoms with Crippen molar-refractivity contribution in [1.29, 1.82) is 0 Å². The molecule has 1 fully saturated rings. The Morgan fingerprint density at radius 1 is 1.10 bits per heavy atom. The van der Waals surface area contributed by atoms with E-state index in [0.717, 1.165) is 32.8 Å². The van der Waals surface area contributed by atoms with E-state index in [-0.39, 0.29) is 24.4 Å². The Balaban J connectivity index is 1.46. The molecule has 3 heterocycles. The van der Waals surface area contributed by atoms with Gasteiger partial charge in [0.2, 0.25) is 5.91 Å². The van der Waals surface area contributed by atoms with Gasteiger partial charge in [-0.3, -0.25) is 9.78 Å². The Labute approximate surface area is 242 Å². The third-order valence-electron chi connectivity index (χ3n) is 7.03. The number of ether oxygens (including phenoxy) is 1. The van der Waals surface area contributed by atoms with Crippen molar-refractivity contribution in [3.05, 3.63) is 106 Å². The van der Waals surface area contributed by atoms with Gasteiger partial charge in [0.25, 0.3) is 0 Å². The summed E-state index contributed by atoms with van der Waals surface area (Å²) >= 11 is 9.36. The van der Waals surface area contributed by atoms with Crippen LogP contribution < -0.4 is 15.4 Å². The first-order valence-electron chi connectivity index (χ1n) is 12.7. The van der Waals surface area contributed by atoms with Gasteiger partial charge in [-0.15, -0.1) is 0 Å². The molecular weight excluding hydrogens is 574 g/mol. The van der Waals surface area contributed by atoms with Gasteiger partial charge in [-0.2, -0.15) is 0 Å². The second kappa shape index (κ2) is 11.6. The summed E-state index contributed by atoms with van der Waals surface area (Å²) < 4.78 is 8.67. The largest absolute Gasteiger partial charge is 0.495 e. The van der Waals surface area contributed by atoms with Crippen LogP contribution in [-0.2, 0) is 4.79 Å². The monoisotopic (exact) mass is 603 g/mol. The Morgan fingerprint density at radius 3 is 2.56 bits per heavy atom. The highest BCUT2D eigenvalue weighted by molar-refractivity contribution is 9.10. The molecule has 1 aliphatic heterocycles. The molecule has 2 aromatic heterocycles. The maximum absolute atomic E-state index is 13.0. The number of aryl methyl sites for hydroxylation is 1. The maximum atomic E-state index is 13.0. The summed E-state index contributed by atoms with van der Waals surface area (Å²) in [6.45, 7) is 4.69. The average Bonchev–Trinajstić information content (AvgIpc) is 3.43. The van der Waals surface area contributed by atoms with Gasteiger partial charge in [0, 0.05) is 40.7 Å². The number of hydrogen-bond acceptors (Lipinski definition) is 4. The highest BCUT2D eigenvalue weighted by atomic mass is 79.9. The number of pyridine rings is 1. The first-order chi connectivity index (χ1) is 18.9. The van der Waals surface area contributed by atoms with E-state index >= 15 is 0 Å². The van der Waals surface area contributed by atoms with Crippen molar-refractivity contribution >= 4 is 44.9 Å². The quantitative estimate of drug-likeness (QED) is 0.232. The van der Waals surface area contributed by atoms with Crippen LogP contribution in [-0.4, -0.2) is 39.1 Å². The number of para-hydroxylation sites is 2. The number of carbonyl (C=O) groups excluding carboxylic acids is 1. The number of carbonyl (C=O) groups is 1. The van der Waals surface area contributed by atoms with Crippen molar-refractivity contribution < 1.29 is 9.53 Å². The minimum atomic E-state index is -0.158. The Bertz CT molecular complexity index is 1490. The number of benzene rings is 2. The van der Waals surface area contributed by atoms with Gasteiger partial charge in [-0.1, -0.05) is 34.1 Å². The number of amides is 1. The highest BCUT2D eigenvalue weighted by Crippen LogP contribution is 2.41. The van der Waals surface area contributed by atoms with Crippen molar-refractivity contribution in [2.75, 3.05) is 19.0 Å². The standard InChI is InChI=1S/C30H30BrN5O2S/c1-19-18-23(20(2)36(19)22-13-11-21(31)12-14-22)29-28(25-9-6-7-16-32-25)34-30(39)35(29)17-15-27(37)33-24-8-4-5-10-26(24)38-3/h4-14,16,18,28-29H,15,17H2,1-3H3,(H,33,37)(H,34,39)/t28-,29-/m0/s1. The SMILES string of the molecule is COc1ccccc1NC(=O)CCN1C(=S)N[C@@H](c2ccccn2)[C@@H]1c1cc(C)n(-c2ccc(Br)cc2)c1C. The predicted molar refractivity (Wildman–Crippen MR) is 161 cm³/mol. The van der Waals surface area contributed by atoms with Crippen LogP contribution in [0.15, 0.2) is 83.5 Å². The van der Waals surface area contributed by atoms with E-state index in [4.69, 9.17) is 17.0 Å². The summed E-state index contributed by atoms with van der Waals surface area (Å²) in [7, 11) is 1.59. The molecule has 9 heteroatoms. The topological polar surface area (TPSA) is 71.4 Å². The lowest BCUT2D eigenvalue weighted by atomic mass is 9.96. The Kier molecular flexibility index (Phi) is 7.99. The number of thiocarbonyl (C=S) groups is 1. The van der Waals surface area contributed by atoms with Crippen LogP contribution >= 0.6 is 28.1 Å². The molecule has 0 unspecified atom stereocenters. The second-order valence-corrected chi connectivity index (χ2v) is 10.8. The molecular formula is C30H30BrN5O2S. The molecule has 4 aromatic rings. The van der Waals surface area contributed by atoms with Gasteiger partial charge >= 0.3 is 0 Å². The minimum Gasteiger partial charge on any atom is -0.495 e. The molecule has 0 aliphatic carbocycles. The zero-order chi connectivity index (χ0) is 27.5. The Hall–Kier alpha value is -3.69. The number of nitrogens with one attached hydrogen (secondary N) is 2. The van der Waals surface area contributed by atoms with Crippen LogP contribution in [0.1, 0.15) is 41.1 Å². The molecule has 2 atom stereocenters. The molecule has 2 aromatic carbocycles. The lowest BCUT2D eigenvalue weighted by Gasteiger charge is -2.28. The van der Waals surface area contributed by atoms with Crippen LogP contribution in [0.25, 0.3) is 5.69 Å². The minimum absolute atomic E-state index is 0.109. The van der Waals surface area contributed by atoms with Gasteiger partial charge in [0.05, 0.1) is 30.6 Å². The molecule has 1 saturated heterocycles. The smallest absolute Gasteiger partial charge is 0.226 e. The van der Waals surface area contributed by atoms with E-state index in [1.165, 1.54) is 0 Å². The summed E-state index contributed by atoms with van der Waals surface area (Å²) in [4.78, 5) is 19.8. The summed E-state index contributed by atoms with van der Waals surface area (Å²) in [5.41, 5.74) is 6.02. The number of nitrogens with zero attached hydrogens (tertiary/aromatic N) is 3. The van der Waals surface area contributed by atoms with Crippen LogP contribution in [0.5, 0.6) is 5.75 Å². The van der Waals surface area contributed by atoms with E-state index in [2.05, 4.69) is 73.1 Å². The summed E-state index contributed by atoms with van der Waals surface area (Å²) in [6, 6.07) is 23.5. The molecule has 1 amide bonds. The van der Waals surface area contributed by atoms with Crippen LogP contribution in [0.4, 0.5) is 5.69 Å². The van der Waals surface area contributed by atoms with Crippen molar-refractivity contribution in [3.8, 4) is 11.4 Å². The van der Waals surface area contributed by atoms with E-state index in [1.54, 1.807) is 13.3 Å². The van der Waals surface area contributed by atoms with E-state index in [0.29, 0.717) is 23.1 Å². The molecule has 2 N–H and O–H groups in total. The van der Waals surface area contributed by atoms with Crippen LogP contribution in [0, 0.1) is 13.8 Å². The van der Waals surface area contributed by atoms with Crippen LogP contribution in [0.2, 0.25) is 0 Å². The maximum Gasteiger partial charge on any atom is 0.226 e. The molecule has 0 radical (unpaired) electrons. The van der Waals surface area contributed by atoms with Gasteiger partial charge in [-0.25, -0.2) is 0 Å². The zero-order valence-electron chi connectivity index (χ0n) is 22.0. The van der Waals surface area contributed by atoms with Gasteiger partial charge < -0.3 is 24.8 Å². The highest BCUT2D eigenvalue weighted by Gasteiger charge is 2.41. The predicted octanol–water partition coefficient (Wildman–Crippen LogP) is 6.26. The molecule has 39 heavy (non-hydrogen) atoms. The molecule has 0 saturated carbocycles. The first kappa shape index (κ1) is 26.9. The summed E-state index contributed by atoms with van der Waals surface area (Å²) in [5.74, 6) is 0.514. The van der Waals surface area contributed by atoms with Gasteiger partial charge in [0.15, 0.2) is 5.11 Å². The normalized spacial score (nSPS) is 16.7. The fourth-order valence-electron chi connectivity index (χ4n) is 5.24. The number of aromatic nitrogens is 2. The molecule has 0 bridgehead atoms. The third kappa shape index (κ3) is 5.55. The molecule has 5 rings (SSSR count). The molecule has 1 aliphatic rings. The number of methoxy groups -OCH3 is 1. The summed E-state index contributed by atoms with van der Waals surface area (Å²) in [6.07, 6.45) is 2.06. The van der Waals surface area contributed by atoms with Gasteiger partial charge in [0.1, 0.15) is 5.75 Å². The lowest BCUT2D eigenvalue weighted by molar-refractivity contribution is -0.116. The lowest BCUT2D eigenvalue weighted by Crippen LogP contribution is -2.33. The molecule has 0 spiro atoms. The first-order valence-corrected chi connectivity index (χ1v) is 13.9. The van der Waals surface area contributed by atoms with Crippen LogP contribution in [0.3, 0.4) is 0 Å². The van der Waals surface area contributed by atoms with Crippen molar-refractivity contribution in [3.63, 3.8) is 0 Å². The molecule has 200 valence electrons. The van der Waals surface area contributed by atoms with E-state index in [9.17, 15) is 4.79 Å². The number of halogens is 1. The number of anilines is 1. The summed E-state index contributed by atoms with van der Waals surface area (Å²) in [5, 5.41) is 7.07. The molecule has 7 nitrogen and oxygen atoms in total. The average molecular weight is 605 g/mol. The second-order valence-electron chi connectivity index (χ2n) is 9.46. The fraction of sp³-hybridized carbons (Fsp3) is 0.233. The van der Waals surface area contributed by atoms with Crippen molar-refractivity contribution in [2.24, 2.45) is 0 Å². The Morgan fingerprint density at radius 2 is 1.85 bits per heavy atom. The fourth-order valence-corrected chi connectivity index (χ4v) is 5.84.